The average Bonchev–Trinajstić information content (AvgIpc) is 3.79. The van der Waals surface area contributed by atoms with Gasteiger partial charge in [0.05, 0.1) is 11.4 Å². The van der Waals surface area contributed by atoms with Gasteiger partial charge in [-0.2, -0.15) is 0 Å². The van der Waals surface area contributed by atoms with Gasteiger partial charge in [-0.1, -0.05) is 36.4 Å². The van der Waals surface area contributed by atoms with Crippen LogP contribution in [0, 0.1) is 30.2 Å². The second-order valence-electron chi connectivity index (χ2n) is 11.3. The molecule has 240 valence electrons. The molecule has 46 heavy (non-hydrogen) atoms. The molecule has 2 aliphatic rings. The van der Waals surface area contributed by atoms with Crippen LogP contribution in [0.15, 0.2) is 72.8 Å². The fraction of sp³-hybridized carbons (Fsp3) is 0.257. The number of amides is 4. The van der Waals surface area contributed by atoms with Crippen LogP contribution in [0.25, 0.3) is 22.3 Å². The number of anilines is 3. The molecule has 0 unspecified atom stereocenters. The second kappa shape index (κ2) is 14.4. The zero-order chi connectivity index (χ0) is 32.8. The number of nitrogens with two attached hydrogens (primary N) is 1. The summed E-state index contributed by atoms with van der Waals surface area (Å²) in [6, 6.07) is 16.9. The van der Waals surface area contributed by atoms with Gasteiger partial charge in [0.2, 0.25) is 0 Å². The third-order valence-corrected chi connectivity index (χ3v) is 8.09. The lowest BCUT2D eigenvalue weighted by Crippen LogP contribution is -2.32. The molecule has 0 bridgehead atoms. The van der Waals surface area contributed by atoms with Crippen molar-refractivity contribution in [3.63, 3.8) is 0 Å². The van der Waals surface area contributed by atoms with E-state index in [9.17, 15) is 27.2 Å². The van der Waals surface area contributed by atoms with Crippen molar-refractivity contribution in [1.82, 2.24) is 9.80 Å². The van der Waals surface area contributed by atoms with Crippen LogP contribution in [-0.4, -0.2) is 48.0 Å². The Morgan fingerprint density at radius 3 is 1.43 bits per heavy atom. The van der Waals surface area contributed by atoms with Crippen LogP contribution in [-0.2, 0) is 0 Å². The number of halogens is 4. The lowest BCUT2D eigenvalue weighted by atomic mass is 10.0. The van der Waals surface area contributed by atoms with E-state index in [1.165, 1.54) is 60.7 Å². The zero-order valence-corrected chi connectivity index (χ0v) is 25.4. The molecule has 2 saturated heterocycles. The largest absolute Gasteiger partial charge is 0.397 e. The number of nitrogens with zero attached hydrogens (tertiary/aromatic N) is 2. The zero-order valence-electron chi connectivity index (χ0n) is 25.4. The maximum atomic E-state index is 14.8. The monoisotopic (exact) mass is 633 g/mol. The van der Waals surface area contributed by atoms with Gasteiger partial charge < -0.3 is 26.2 Å². The normalized spacial score (nSPS) is 14.1. The van der Waals surface area contributed by atoms with Gasteiger partial charge >= 0.3 is 12.1 Å². The van der Waals surface area contributed by atoms with Crippen LogP contribution in [0.1, 0.15) is 31.2 Å². The fourth-order valence-corrected chi connectivity index (χ4v) is 5.46. The third-order valence-electron chi connectivity index (χ3n) is 8.09. The van der Waals surface area contributed by atoms with Crippen molar-refractivity contribution in [2.75, 3.05) is 42.5 Å². The highest BCUT2D eigenvalue weighted by Gasteiger charge is 2.23. The van der Waals surface area contributed by atoms with E-state index in [1.54, 1.807) is 28.9 Å². The molecule has 0 radical (unpaired) electrons. The summed E-state index contributed by atoms with van der Waals surface area (Å²) < 4.78 is 55.6. The SMILES string of the molecule is Cc1ccc(-c2ccc(F)cc2)c(F)c1NC(=O)N1CCCC1.Nc1ccc(-c2ccc(F)cc2)c(F)c1NC(=O)N1CCCC1. The Hall–Kier alpha value is -5.06. The molecule has 0 spiro atoms. The molecule has 0 aliphatic carbocycles. The minimum absolute atomic E-state index is 0.0382. The summed E-state index contributed by atoms with van der Waals surface area (Å²) in [6.45, 7) is 4.46. The second-order valence-corrected chi connectivity index (χ2v) is 11.3. The summed E-state index contributed by atoms with van der Waals surface area (Å²) >= 11 is 0. The highest BCUT2D eigenvalue weighted by Crippen LogP contribution is 2.33. The molecule has 0 aromatic heterocycles. The van der Waals surface area contributed by atoms with Crippen LogP contribution in [0.2, 0.25) is 0 Å². The third kappa shape index (κ3) is 7.42. The van der Waals surface area contributed by atoms with E-state index < -0.39 is 17.5 Å². The summed E-state index contributed by atoms with van der Waals surface area (Å²) in [7, 11) is 0. The smallest absolute Gasteiger partial charge is 0.321 e. The highest BCUT2D eigenvalue weighted by atomic mass is 19.1. The number of hydrogen-bond donors (Lipinski definition) is 3. The summed E-state index contributed by atoms with van der Waals surface area (Å²) in [5.41, 5.74) is 8.44. The molecule has 4 amide bonds. The van der Waals surface area contributed by atoms with Gasteiger partial charge in [0.25, 0.3) is 0 Å². The van der Waals surface area contributed by atoms with E-state index in [-0.39, 0.29) is 40.5 Å². The number of benzene rings is 4. The Labute approximate surface area is 265 Å². The molecule has 11 heteroatoms. The Balaban J connectivity index is 0.000000181. The first-order chi connectivity index (χ1) is 22.1. The summed E-state index contributed by atoms with van der Waals surface area (Å²) in [5.74, 6) is -1.88. The first kappa shape index (κ1) is 32.3. The van der Waals surface area contributed by atoms with Gasteiger partial charge in [-0.15, -0.1) is 0 Å². The molecule has 4 aromatic carbocycles. The van der Waals surface area contributed by atoms with Crippen LogP contribution < -0.4 is 16.4 Å². The Morgan fingerprint density at radius 1 is 0.587 bits per heavy atom. The van der Waals surface area contributed by atoms with Gasteiger partial charge in [0, 0.05) is 37.3 Å². The first-order valence-corrected chi connectivity index (χ1v) is 15.1. The van der Waals surface area contributed by atoms with E-state index in [4.69, 9.17) is 5.73 Å². The van der Waals surface area contributed by atoms with Crippen LogP contribution in [0.4, 0.5) is 44.2 Å². The summed E-state index contributed by atoms with van der Waals surface area (Å²) in [6.07, 6.45) is 3.84. The van der Waals surface area contributed by atoms with Crippen LogP contribution >= 0.6 is 0 Å². The maximum absolute atomic E-state index is 14.8. The number of likely N-dealkylation sites (tertiary alicyclic amines) is 2. The van der Waals surface area contributed by atoms with E-state index >= 15 is 0 Å². The molecule has 0 saturated carbocycles. The number of nitrogens with one attached hydrogen (secondary N) is 2. The molecule has 2 heterocycles. The lowest BCUT2D eigenvalue weighted by molar-refractivity contribution is 0.221. The summed E-state index contributed by atoms with van der Waals surface area (Å²) in [4.78, 5) is 27.7. The number of nitrogen functional groups attached to an aromatic ring is 1. The maximum Gasteiger partial charge on any atom is 0.321 e. The van der Waals surface area contributed by atoms with Gasteiger partial charge in [-0.05, 0) is 85.7 Å². The van der Waals surface area contributed by atoms with Gasteiger partial charge in [0.15, 0.2) is 11.6 Å². The number of carbonyl (C=O) groups is 2. The fourth-order valence-electron chi connectivity index (χ4n) is 5.46. The standard InChI is InChI=1S/C18H18F2N2O.C17H17F2N3O/c1-12-4-9-15(13-5-7-14(19)8-6-13)16(20)17(12)21-18(23)22-10-2-3-11-22;18-12-5-3-11(4-6-12)13-7-8-14(20)16(15(13)19)21-17(23)22-9-1-2-10-22/h4-9H,2-3,10-11H2,1H3,(H,21,23);3-8H,1-2,9-10,20H2,(H,21,23). The highest BCUT2D eigenvalue weighted by molar-refractivity contribution is 5.94. The van der Waals surface area contributed by atoms with Crippen molar-refractivity contribution >= 4 is 29.1 Å². The summed E-state index contributed by atoms with van der Waals surface area (Å²) in [5, 5.41) is 5.23. The van der Waals surface area contributed by atoms with Crippen molar-refractivity contribution in [3.8, 4) is 22.3 Å². The molecule has 2 aliphatic heterocycles. The van der Waals surface area contributed by atoms with Crippen molar-refractivity contribution < 1.29 is 27.2 Å². The van der Waals surface area contributed by atoms with E-state index in [2.05, 4.69) is 10.6 Å². The number of carbonyl (C=O) groups excluding carboxylic acids is 2. The topological polar surface area (TPSA) is 90.7 Å². The molecular weight excluding hydrogens is 598 g/mol. The van der Waals surface area contributed by atoms with Crippen molar-refractivity contribution in [2.45, 2.75) is 32.6 Å². The predicted octanol–water partition coefficient (Wildman–Crippen LogP) is 8.41. The Kier molecular flexibility index (Phi) is 10.1. The average molecular weight is 634 g/mol. The quantitative estimate of drug-likeness (QED) is 0.156. The minimum atomic E-state index is -0.621. The molecule has 6 rings (SSSR count). The van der Waals surface area contributed by atoms with E-state index in [1.807, 2.05) is 0 Å². The Bertz CT molecular complexity index is 1580. The Morgan fingerprint density at radius 2 is 0.978 bits per heavy atom. The van der Waals surface area contributed by atoms with Crippen LogP contribution in [0.5, 0.6) is 0 Å². The van der Waals surface area contributed by atoms with Crippen molar-refractivity contribution in [3.05, 3.63) is 102 Å². The first-order valence-electron chi connectivity index (χ1n) is 15.1. The number of rotatable bonds is 4. The molecule has 7 nitrogen and oxygen atoms in total. The van der Waals surface area contributed by atoms with Gasteiger partial charge in [-0.25, -0.2) is 27.2 Å². The minimum Gasteiger partial charge on any atom is -0.397 e. The van der Waals surface area contributed by atoms with Crippen molar-refractivity contribution in [1.29, 1.82) is 0 Å². The van der Waals surface area contributed by atoms with E-state index in [0.29, 0.717) is 48.4 Å². The number of aryl methyl sites for hydroxylation is 1. The number of urea groups is 2. The van der Waals surface area contributed by atoms with Gasteiger partial charge in [-0.3, -0.25) is 0 Å². The van der Waals surface area contributed by atoms with Gasteiger partial charge in [0.1, 0.15) is 17.3 Å². The van der Waals surface area contributed by atoms with E-state index in [0.717, 1.165) is 25.7 Å². The molecule has 4 N–H and O–H groups in total. The number of hydrogen-bond acceptors (Lipinski definition) is 3. The lowest BCUT2D eigenvalue weighted by Gasteiger charge is -2.18. The molecule has 0 atom stereocenters. The molecule has 4 aromatic rings. The van der Waals surface area contributed by atoms with Crippen molar-refractivity contribution in [2.24, 2.45) is 0 Å². The molecular formula is C35H35F4N5O2. The molecule has 2 fully saturated rings. The van der Waals surface area contributed by atoms with Crippen LogP contribution in [0.3, 0.4) is 0 Å². The predicted molar refractivity (Wildman–Crippen MR) is 172 cm³/mol.